The highest BCUT2D eigenvalue weighted by molar-refractivity contribution is 5.93. The van der Waals surface area contributed by atoms with E-state index >= 15 is 0 Å². The Labute approximate surface area is 152 Å². The number of hydrogen-bond donors (Lipinski definition) is 2. The van der Waals surface area contributed by atoms with Crippen molar-refractivity contribution < 1.29 is 19.4 Å². The number of benzene rings is 1. The molecule has 1 saturated carbocycles. The van der Waals surface area contributed by atoms with Crippen molar-refractivity contribution >= 4 is 5.91 Å². The van der Waals surface area contributed by atoms with Crippen LogP contribution in [0.4, 0.5) is 0 Å². The van der Waals surface area contributed by atoms with Gasteiger partial charge in [0, 0.05) is 24.9 Å². The fraction of sp³-hybridized carbons (Fsp3) is 0.421. The Morgan fingerprint density at radius 1 is 1.23 bits per heavy atom. The van der Waals surface area contributed by atoms with Crippen LogP contribution in [-0.4, -0.2) is 46.8 Å². The van der Waals surface area contributed by atoms with Gasteiger partial charge in [-0.1, -0.05) is 18.2 Å². The molecule has 1 aromatic carbocycles. The summed E-state index contributed by atoms with van der Waals surface area (Å²) in [6, 6.07) is 9.69. The highest BCUT2D eigenvalue weighted by Crippen LogP contribution is 2.28. The van der Waals surface area contributed by atoms with Crippen LogP contribution in [0.2, 0.25) is 0 Å². The molecule has 1 aliphatic carbocycles. The van der Waals surface area contributed by atoms with Gasteiger partial charge in [-0.25, -0.2) is 9.97 Å². The van der Waals surface area contributed by atoms with Gasteiger partial charge in [0.05, 0.1) is 18.8 Å². The highest BCUT2D eigenvalue weighted by Gasteiger charge is 2.33. The number of amides is 1. The minimum absolute atomic E-state index is 0.0550. The third-order valence-corrected chi connectivity index (χ3v) is 4.56. The average Bonchev–Trinajstić information content (AvgIpc) is 2.69. The molecule has 0 radical (unpaired) electrons. The largest absolute Gasteiger partial charge is 0.488 e. The van der Waals surface area contributed by atoms with Crippen molar-refractivity contribution in [1.82, 2.24) is 15.3 Å². The van der Waals surface area contributed by atoms with E-state index in [-0.39, 0.29) is 23.9 Å². The minimum Gasteiger partial charge on any atom is -0.488 e. The van der Waals surface area contributed by atoms with Crippen LogP contribution in [0.3, 0.4) is 0 Å². The zero-order valence-corrected chi connectivity index (χ0v) is 14.7. The zero-order valence-electron chi connectivity index (χ0n) is 14.7. The van der Waals surface area contributed by atoms with Crippen LogP contribution in [0.25, 0.3) is 0 Å². The number of hydrogen-bond acceptors (Lipinski definition) is 6. The van der Waals surface area contributed by atoms with E-state index < -0.39 is 6.10 Å². The summed E-state index contributed by atoms with van der Waals surface area (Å²) < 4.78 is 10.8. The molecule has 138 valence electrons. The van der Waals surface area contributed by atoms with Crippen LogP contribution in [-0.2, 0) is 0 Å². The first kappa shape index (κ1) is 18.1. The van der Waals surface area contributed by atoms with E-state index in [0.29, 0.717) is 12.1 Å². The lowest BCUT2D eigenvalue weighted by Crippen LogP contribution is -2.45. The Morgan fingerprint density at radius 3 is 2.65 bits per heavy atom. The van der Waals surface area contributed by atoms with Gasteiger partial charge in [-0.15, -0.1) is 0 Å². The van der Waals surface area contributed by atoms with Crippen LogP contribution in [0.5, 0.6) is 11.8 Å². The summed E-state index contributed by atoms with van der Waals surface area (Å²) in [5.41, 5.74) is 0.355. The summed E-state index contributed by atoms with van der Waals surface area (Å²) in [5.74, 6) is 0.420. The van der Waals surface area contributed by atoms with Gasteiger partial charge >= 0.3 is 6.01 Å². The van der Waals surface area contributed by atoms with Crippen molar-refractivity contribution in [2.45, 2.75) is 31.5 Å². The molecule has 1 heterocycles. The lowest BCUT2D eigenvalue weighted by Gasteiger charge is -2.35. The van der Waals surface area contributed by atoms with Crippen LogP contribution in [0, 0.1) is 5.92 Å². The van der Waals surface area contributed by atoms with Gasteiger partial charge in [0.15, 0.2) is 0 Å². The molecule has 0 aliphatic heterocycles. The molecule has 1 aliphatic rings. The molecule has 3 rings (SSSR count). The molecule has 0 saturated heterocycles. The molecule has 1 amide bonds. The third-order valence-electron chi connectivity index (χ3n) is 4.56. The number of aromatic nitrogens is 2. The number of rotatable bonds is 6. The number of carbonyl (C=O) groups excluding carboxylic acids is 1. The number of aliphatic hydroxyl groups is 1. The molecular formula is C19H23N3O4. The fourth-order valence-electron chi connectivity index (χ4n) is 3.12. The molecule has 7 nitrogen and oxygen atoms in total. The van der Waals surface area contributed by atoms with Crippen molar-refractivity contribution in [2.75, 3.05) is 13.7 Å². The molecular weight excluding hydrogens is 334 g/mol. The van der Waals surface area contributed by atoms with Crippen LogP contribution in [0.15, 0.2) is 42.7 Å². The number of nitrogens with zero attached hydrogens (tertiary/aromatic N) is 2. The smallest absolute Gasteiger partial charge is 0.316 e. The molecule has 1 fully saturated rings. The second kappa shape index (κ2) is 8.62. The monoisotopic (exact) mass is 357 g/mol. The van der Waals surface area contributed by atoms with E-state index in [1.807, 2.05) is 30.3 Å². The summed E-state index contributed by atoms with van der Waals surface area (Å²) >= 11 is 0. The molecule has 2 aromatic rings. The van der Waals surface area contributed by atoms with Gasteiger partial charge in [0.25, 0.3) is 5.91 Å². The van der Waals surface area contributed by atoms with E-state index in [1.54, 1.807) is 0 Å². The molecule has 0 spiro atoms. The van der Waals surface area contributed by atoms with Crippen LogP contribution >= 0.6 is 0 Å². The van der Waals surface area contributed by atoms with Gasteiger partial charge in [0.2, 0.25) is 0 Å². The number of methoxy groups -OCH3 is 1. The van der Waals surface area contributed by atoms with Crippen molar-refractivity contribution in [3.05, 3.63) is 48.3 Å². The molecule has 26 heavy (non-hydrogen) atoms. The number of aliphatic hydroxyl groups excluding tert-OH is 1. The van der Waals surface area contributed by atoms with Gasteiger partial charge in [-0.3, -0.25) is 4.79 Å². The molecule has 3 atom stereocenters. The van der Waals surface area contributed by atoms with Crippen molar-refractivity contribution in [1.29, 1.82) is 0 Å². The maximum Gasteiger partial charge on any atom is 0.316 e. The van der Waals surface area contributed by atoms with Gasteiger partial charge < -0.3 is 19.9 Å². The van der Waals surface area contributed by atoms with Crippen LogP contribution in [0.1, 0.15) is 29.6 Å². The first-order chi connectivity index (χ1) is 12.7. The summed E-state index contributed by atoms with van der Waals surface area (Å²) in [7, 11) is 1.47. The average molecular weight is 357 g/mol. The number of carbonyl (C=O) groups is 1. The second-order valence-corrected chi connectivity index (χ2v) is 6.32. The third kappa shape index (κ3) is 4.49. The van der Waals surface area contributed by atoms with E-state index in [1.165, 1.54) is 19.5 Å². The Morgan fingerprint density at radius 2 is 1.96 bits per heavy atom. The lowest BCUT2D eigenvalue weighted by molar-refractivity contribution is -0.0301. The molecule has 2 N–H and O–H groups in total. The Hall–Kier alpha value is -2.67. The predicted octanol–water partition coefficient (Wildman–Crippen LogP) is 1.82. The molecule has 7 heteroatoms. The first-order valence-corrected chi connectivity index (χ1v) is 8.71. The van der Waals surface area contributed by atoms with Gasteiger partial charge in [-0.2, -0.15) is 0 Å². The summed E-state index contributed by atoms with van der Waals surface area (Å²) in [6.45, 7) is 0.376. The fourth-order valence-corrected chi connectivity index (χ4v) is 3.12. The van der Waals surface area contributed by atoms with E-state index in [0.717, 1.165) is 25.0 Å². The quantitative estimate of drug-likeness (QED) is 0.819. The Bertz CT molecular complexity index is 708. The molecule has 0 bridgehead atoms. The van der Waals surface area contributed by atoms with Gasteiger partial charge in [0.1, 0.15) is 11.9 Å². The normalized spacial score (nSPS) is 22.5. The van der Waals surface area contributed by atoms with Crippen molar-refractivity contribution in [3.63, 3.8) is 0 Å². The number of nitrogens with one attached hydrogen (secondary N) is 1. The molecule has 1 aromatic heterocycles. The maximum absolute atomic E-state index is 12.2. The number of para-hydroxylation sites is 1. The van der Waals surface area contributed by atoms with Crippen molar-refractivity contribution in [2.24, 2.45) is 5.92 Å². The summed E-state index contributed by atoms with van der Waals surface area (Å²) in [6.07, 6.45) is 4.52. The van der Waals surface area contributed by atoms with E-state index in [9.17, 15) is 9.90 Å². The van der Waals surface area contributed by atoms with Crippen LogP contribution < -0.4 is 14.8 Å². The topological polar surface area (TPSA) is 93.6 Å². The lowest BCUT2D eigenvalue weighted by atomic mass is 9.84. The Balaban J connectivity index is 1.54. The maximum atomic E-state index is 12.2. The first-order valence-electron chi connectivity index (χ1n) is 8.71. The van der Waals surface area contributed by atoms with E-state index in [2.05, 4.69) is 15.3 Å². The minimum atomic E-state index is -0.628. The SMILES string of the molecule is COc1ncc(C(=O)NC[C@H]2CCC[C@@H](Oc3ccccc3)[C@@H]2O)cn1. The summed E-state index contributed by atoms with van der Waals surface area (Å²) in [5, 5.41) is 13.5. The Kier molecular flexibility index (Phi) is 6.01. The standard InChI is InChI=1S/C19H23N3O4/c1-25-19-21-11-14(12-22-19)18(24)20-10-13-6-5-9-16(17(13)23)26-15-7-3-2-4-8-15/h2-4,7-8,11-13,16-17,23H,5-6,9-10H2,1H3,(H,20,24)/t13-,16-,17-/m1/s1. The molecule has 0 unspecified atom stereocenters. The second-order valence-electron chi connectivity index (χ2n) is 6.32. The van der Waals surface area contributed by atoms with Crippen molar-refractivity contribution in [3.8, 4) is 11.8 Å². The highest BCUT2D eigenvalue weighted by atomic mass is 16.5. The summed E-state index contributed by atoms with van der Waals surface area (Å²) in [4.78, 5) is 20.1. The van der Waals surface area contributed by atoms with Gasteiger partial charge in [-0.05, 0) is 31.4 Å². The predicted molar refractivity (Wildman–Crippen MR) is 95.1 cm³/mol. The zero-order chi connectivity index (χ0) is 18.4. The van der Waals surface area contributed by atoms with E-state index in [4.69, 9.17) is 9.47 Å². The number of ether oxygens (including phenoxy) is 2.